The quantitative estimate of drug-likeness (QED) is 0.160. The molecule has 0 bridgehead atoms. The van der Waals surface area contributed by atoms with Crippen LogP contribution in [0.2, 0.25) is 0 Å². The topological polar surface area (TPSA) is 16.3 Å². The van der Waals surface area contributed by atoms with Crippen molar-refractivity contribution in [3.63, 3.8) is 0 Å². The molecule has 0 saturated heterocycles. The minimum Gasteiger partial charge on any atom is -0.376 e. The fourth-order valence-corrected chi connectivity index (χ4v) is 20.4. The van der Waals surface area contributed by atoms with Gasteiger partial charge in [0, 0.05) is 107 Å². The van der Waals surface area contributed by atoms with Crippen molar-refractivity contribution in [3.8, 4) is 33.6 Å². The second-order valence-electron chi connectivity index (χ2n) is 31.7. The Morgan fingerprint density at radius 2 is 0.854 bits per heavy atom. The molecule has 0 spiro atoms. The van der Waals surface area contributed by atoms with E-state index in [-0.39, 0.29) is 35.4 Å². The molecular formula is C88H72B2N4S2. The number of benzene rings is 12. The largest absolute Gasteiger partial charge is 0.376 e. The van der Waals surface area contributed by atoms with Crippen LogP contribution >= 0.6 is 22.7 Å². The highest BCUT2D eigenvalue weighted by Crippen LogP contribution is 2.56. The number of thiophene rings is 2. The zero-order valence-electron chi connectivity index (χ0n) is 56.3. The molecule has 0 N–H and O–H groups in total. The molecule has 0 atom stereocenters. The molecule has 462 valence electrons. The van der Waals surface area contributed by atoms with Gasteiger partial charge >= 0.3 is 13.7 Å². The van der Waals surface area contributed by atoms with Gasteiger partial charge in [0.25, 0.3) is 0 Å². The minimum absolute atomic E-state index is 0.0188. The van der Waals surface area contributed by atoms with E-state index >= 15 is 0 Å². The molecule has 4 nitrogen and oxygen atoms in total. The predicted octanol–water partition coefficient (Wildman–Crippen LogP) is 21.5. The van der Waals surface area contributed by atoms with Crippen LogP contribution in [0.25, 0.3) is 118 Å². The van der Waals surface area contributed by atoms with E-state index in [1.54, 1.807) is 0 Å². The molecule has 96 heavy (non-hydrogen) atoms. The molecule has 4 aliphatic heterocycles. The van der Waals surface area contributed by atoms with E-state index in [0.29, 0.717) is 0 Å². The van der Waals surface area contributed by atoms with E-state index in [1.165, 1.54) is 190 Å². The Bertz CT molecular complexity index is 6110. The van der Waals surface area contributed by atoms with Crippen LogP contribution in [0.4, 0.5) is 22.7 Å². The third kappa shape index (κ3) is 7.63. The van der Waals surface area contributed by atoms with Gasteiger partial charge in [-0.3, -0.25) is 0 Å². The summed E-state index contributed by atoms with van der Waals surface area (Å²) in [4.78, 5) is 5.36. The Kier molecular flexibility index (Phi) is 11.4. The van der Waals surface area contributed by atoms with Crippen molar-refractivity contribution in [1.29, 1.82) is 0 Å². The first-order valence-corrected chi connectivity index (χ1v) is 36.1. The van der Waals surface area contributed by atoms with Crippen LogP contribution in [0.5, 0.6) is 0 Å². The highest BCUT2D eigenvalue weighted by atomic mass is 32.1. The number of hydrogen-bond donors (Lipinski definition) is 0. The van der Waals surface area contributed by atoms with Crippen LogP contribution in [0.15, 0.2) is 224 Å². The highest BCUT2D eigenvalue weighted by Gasteiger charge is 2.48. The predicted molar refractivity (Wildman–Crippen MR) is 418 cm³/mol. The summed E-state index contributed by atoms with van der Waals surface area (Å²) in [6.45, 7) is 26.0. The van der Waals surface area contributed by atoms with Gasteiger partial charge in [-0.15, -0.1) is 22.7 Å². The zero-order chi connectivity index (χ0) is 65.0. The lowest BCUT2D eigenvalue weighted by Crippen LogP contribution is -2.60. The molecule has 16 aromatic rings. The Morgan fingerprint density at radius 3 is 1.57 bits per heavy atom. The van der Waals surface area contributed by atoms with Crippen LogP contribution < -0.4 is 31.5 Å². The lowest BCUT2D eigenvalue weighted by Gasteiger charge is -2.43. The normalized spacial score (nSPS) is 14.2. The summed E-state index contributed by atoms with van der Waals surface area (Å²) >= 11 is 3.97. The van der Waals surface area contributed by atoms with Gasteiger partial charge in [0.05, 0.1) is 22.1 Å². The number of nitrogens with zero attached hydrogens (tertiary/aromatic N) is 4. The van der Waals surface area contributed by atoms with Crippen molar-refractivity contribution in [2.45, 2.75) is 104 Å². The molecule has 0 aliphatic carbocycles. The molecule has 0 amide bonds. The Hall–Kier alpha value is -9.59. The Balaban J connectivity index is 0.822. The average molecular weight is 1270 g/mol. The second-order valence-corrected chi connectivity index (χ2v) is 33.8. The van der Waals surface area contributed by atoms with Crippen LogP contribution in [0.1, 0.15) is 104 Å². The Labute approximate surface area is 569 Å². The summed E-state index contributed by atoms with van der Waals surface area (Å²) < 4.78 is 10.7. The van der Waals surface area contributed by atoms with E-state index in [9.17, 15) is 0 Å². The van der Waals surface area contributed by atoms with Crippen LogP contribution in [0, 0.1) is 0 Å². The number of aromatic nitrogens is 2. The second kappa shape index (κ2) is 19.3. The van der Waals surface area contributed by atoms with E-state index in [4.69, 9.17) is 0 Å². The molecule has 4 aliphatic rings. The number of fused-ring (bicyclic) bond motifs is 26. The van der Waals surface area contributed by atoms with Gasteiger partial charge in [0.2, 0.25) is 0 Å². The lowest BCUT2D eigenvalue weighted by atomic mass is 9.43. The maximum Gasteiger partial charge on any atom is 0.333 e. The molecule has 20 rings (SSSR count). The van der Waals surface area contributed by atoms with Crippen molar-refractivity contribution in [2.75, 3.05) is 9.62 Å². The van der Waals surface area contributed by atoms with E-state index in [1.807, 2.05) is 22.7 Å². The monoisotopic (exact) mass is 1270 g/mol. The van der Waals surface area contributed by atoms with Crippen molar-refractivity contribution in [3.05, 3.63) is 252 Å². The van der Waals surface area contributed by atoms with Crippen molar-refractivity contribution in [2.24, 2.45) is 0 Å². The summed E-state index contributed by atoms with van der Waals surface area (Å²) in [5.41, 5.74) is 29.9. The third-order valence-electron chi connectivity index (χ3n) is 22.5. The van der Waals surface area contributed by atoms with Gasteiger partial charge in [0.15, 0.2) is 0 Å². The fourth-order valence-electron chi connectivity index (χ4n) is 17.9. The fraction of sp³-hybridized carbons (Fsp3) is 0.182. The summed E-state index contributed by atoms with van der Waals surface area (Å²) in [5.74, 6) is 0. The molecule has 0 fully saturated rings. The van der Waals surface area contributed by atoms with E-state index in [0.717, 1.165) is 6.42 Å². The first-order valence-electron chi connectivity index (χ1n) is 34.4. The van der Waals surface area contributed by atoms with Gasteiger partial charge in [-0.1, -0.05) is 210 Å². The average Bonchev–Trinajstić information content (AvgIpc) is 1.44. The SMILES string of the molecule is CC(C)(C)c1ccc(N2B3c4cc(C(C)(C)C)ccc4-n4c5ccc(C(C)(C)Cc6ccc7sc8c(c9c%10c%11c8c8ccccc8n%11-c8ccccc8B%10N(c8ccccc8)c8ccccc8-9)c7c6)cc5c5c6sc7ccccc7c6c(c3c54)-c3cc(C(C)(C)C)ccc32)cc1. The maximum atomic E-state index is 2.73. The number of para-hydroxylation sites is 4. The first kappa shape index (κ1) is 56.7. The first-order chi connectivity index (χ1) is 46.3. The highest BCUT2D eigenvalue weighted by molar-refractivity contribution is 7.27. The smallest absolute Gasteiger partial charge is 0.333 e. The molecule has 0 unspecified atom stereocenters. The lowest BCUT2D eigenvalue weighted by molar-refractivity contribution is 0.523. The molecule has 12 aromatic carbocycles. The molecule has 8 heterocycles. The number of anilines is 4. The van der Waals surface area contributed by atoms with Gasteiger partial charge < -0.3 is 18.8 Å². The Morgan fingerprint density at radius 1 is 0.344 bits per heavy atom. The third-order valence-corrected chi connectivity index (χ3v) is 24.8. The standard InChI is InChI=1S/C88H72B2N4S2/c1-85(2,3)51-34-39-56(40-35-51)94-68-42-36-52(86(4,5)6)46-61(68)74-75-59-27-17-22-32-71(59)95-83(75)78-60-47-54(38-41-66(60)92-70-43-37-53(87(7,8)9)48-64(70)90(94)80(74)82(78)92)88(10,11)49-50-33-44-72-62(45-50)76-73-58-26-16-20-30-67(58)93(55-23-13-12-14-24-55)89-63-28-18-21-31-69(63)91-65-29-19-15-25-57(65)77(84(76)96-72)81(91)79(73)89/h12-48H,49H2,1-11H3. The number of hydrogen-bond acceptors (Lipinski definition) is 4. The van der Waals surface area contributed by atoms with Gasteiger partial charge in [0.1, 0.15) is 0 Å². The molecule has 4 aromatic heterocycles. The molecular weight excluding hydrogens is 1200 g/mol. The van der Waals surface area contributed by atoms with Crippen LogP contribution in [-0.2, 0) is 28.1 Å². The molecule has 8 heteroatoms. The van der Waals surface area contributed by atoms with Crippen LogP contribution in [0.3, 0.4) is 0 Å². The van der Waals surface area contributed by atoms with E-state index in [2.05, 4.69) is 319 Å². The maximum absolute atomic E-state index is 2.73. The van der Waals surface area contributed by atoms with Gasteiger partial charge in [-0.05, 0) is 180 Å². The van der Waals surface area contributed by atoms with Crippen molar-refractivity contribution < 1.29 is 0 Å². The van der Waals surface area contributed by atoms with Crippen molar-refractivity contribution in [1.82, 2.24) is 9.13 Å². The van der Waals surface area contributed by atoms with Crippen molar-refractivity contribution >= 4 is 165 Å². The van der Waals surface area contributed by atoms with E-state index < -0.39 is 0 Å². The molecule has 0 radical (unpaired) electrons. The van der Waals surface area contributed by atoms with Gasteiger partial charge in [-0.2, -0.15) is 0 Å². The zero-order valence-corrected chi connectivity index (χ0v) is 58.0. The minimum atomic E-state index is -0.255. The summed E-state index contributed by atoms with van der Waals surface area (Å²) in [7, 11) is 0. The van der Waals surface area contributed by atoms with Gasteiger partial charge in [-0.25, -0.2) is 0 Å². The summed E-state index contributed by atoms with van der Waals surface area (Å²) in [6, 6.07) is 87.6. The summed E-state index contributed by atoms with van der Waals surface area (Å²) in [5, 5.41) is 10.8. The van der Waals surface area contributed by atoms with Crippen LogP contribution in [-0.4, -0.2) is 22.8 Å². The summed E-state index contributed by atoms with van der Waals surface area (Å²) in [6.07, 6.45) is 0.868. The molecule has 0 saturated carbocycles. The number of rotatable bonds is 5.